The van der Waals surface area contributed by atoms with Crippen LogP contribution in [0.4, 0.5) is 0 Å². The van der Waals surface area contributed by atoms with Crippen LogP contribution >= 0.6 is 0 Å². The van der Waals surface area contributed by atoms with Gasteiger partial charge in [-0.25, -0.2) is 0 Å². The lowest BCUT2D eigenvalue weighted by Gasteiger charge is -2.16. The molecule has 2 heteroatoms. The Morgan fingerprint density at radius 1 is 1.33 bits per heavy atom. The minimum Gasteiger partial charge on any atom is -0.493 e. The number of hydrogen-bond acceptors (Lipinski definition) is 2. The van der Waals surface area contributed by atoms with E-state index in [1.54, 1.807) is 0 Å². The average Bonchev–Trinajstić information content (AvgIpc) is 2.26. The lowest BCUT2D eigenvalue weighted by Crippen LogP contribution is -2.11. The molecule has 1 aromatic carbocycles. The van der Waals surface area contributed by atoms with Crippen molar-refractivity contribution in [2.75, 3.05) is 6.61 Å². The van der Waals surface area contributed by atoms with Gasteiger partial charge in [0.1, 0.15) is 5.75 Å². The fourth-order valence-electron chi connectivity index (χ4n) is 1.52. The molecule has 0 spiro atoms. The summed E-state index contributed by atoms with van der Waals surface area (Å²) in [5, 5.41) is 0. The van der Waals surface area contributed by atoms with Gasteiger partial charge in [0, 0.05) is 11.6 Å². The Kier molecular flexibility index (Phi) is 4.63. The van der Waals surface area contributed by atoms with Gasteiger partial charge in [0.25, 0.3) is 0 Å². The summed E-state index contributed by atoms with van der Waals surface area (Å²) in [6.07, 6.45) is 1.96. The SMILES string of the molecule is CCCOc1ccc(C)cc1C(N)CC. The molecule has 0 heterocycles. The van der Waals surface area contributed by atoms with Crippen LogP contribution in [0.25, 0.3) is 0 Å². The van der Waals surface area contributed by atoms with E-state index in [1.165, 1.54) is 5.56 Å². The summed E-state index contributed by atoms with van der Waals surface area (Å²) >= 11 is 0. The monoisotopic (exact) mass is 207 g/mol. The molecule has 0 aromatic heterocycles. The Labute approximate surface area is 92.4 Å². The summed E-state index contributed by atoms with van der Waals surface area (Å²) < 4.78 is 5.68. The summed E-state index contributed by atoms with van der Waals surface area (Å²) in [7, 11) is 0. The van der Waals surface area contributed by atoms with Crippen molar-refractivity contribution in [1.29, 1.82) is 0 Å². The molecule has 0 aliphatic carbocycles. The maximum atomic E-state index is 6.06. The predicted molar refractivity (Wildman–Crippen MR) is 64.2 cm³/mol. The first-order valence-corrected chi connectivity index (χ1v) is 5.68. The van der Waals surface area contributed by atoms with Crippen molar-refractivity contribution >= 4 is 0 Å². The van der Waals surface area contributed by atoms with Gasteiger partial charge in [0.05, 0.1) is 6.61 Å². The third-order valence-corrected chi connectivity index (χ3v) is 2.47. The number of hydrogen-bond donors (Lipinski definition) is 1. The van der Waals surface area contributed by atoms with Gasteiger partial charge in [-0.2, -0.15) is 0 Å². The topological polar surface area (TPSA) is 35.2 Å². The molecule has 1 aromatic rings. The van der Waals surface area contributed by atoms with Crippen molar-refractivity contribution in [1.82, 2.24) is 0 Å². The first-order chi connectivity index (χ1) is 7.19. The molecule has 84 valence electrons. The van der Waals surface area contributed by atoms with Crippen LogP contribution in [0.5, 0.6) is 5.75 Å². The number of ether oxygens (including phenoxy) is 1. The van der Waals surface area contributed by atoms with Crippen molar-refractivity contribution in [2.45, 2.75) is 39.7 Å². The zero-order valence-electron chi connectivity index (χ0n) is 9.92. The quantitative estimate of drug-likeness (QED) is 0.804. The molecule has 0 bridgehead atoms. The van der Waals surface area contributed by atoms with Crippen LogP contribution < -0.4 is 10.5 Å². The summed E-state index contributed by atoms with van der Waals surface area (Å²) in [5.74, 6) is 0.941. The van der Waals surface area contributed by atoms with E-state index in [-0.39, 0.29) is 6.04 Å². The highest BCUT2D eigenvalue weighted by molar-refractivity contribution is 5.39. The highest BCUT2D eigenvalue weighted by Gasteiger charge is 2.10. The molecule has 0 radical (unpaired) electrons. The summed E-state index contributed by atoms with van der Waals surface area (Å²) in [5.41, 5.74) is 8.42. The molecule has 0 aliphatic heterocycles. The summed E-state index contributed by atoms with van der Waals surface area (Å²) in [4.78, 5) is 0. The van der Waals surface area contributed by atoms with Crippen LogP contribution in [0.3, 0.4) is 0 Å². The minimum absolute atomic E-state index is 0.0803. The van der Waals surface area contributed by atoms with Crippen LogP contribution in [0.15, 0.2) is 18.2 Å². The molecule has 0 fully saturated rings. The molecule has 0 amide bonds. The molecule has 1 rings (SSSR count). The molecule has 2 N–H and O–H groups in total. The van der Waals surface area contributed by atoms with Crippen molar-refractivity contribution in [3.63, 3.8) is 0 Å². The van der Waals surface area contributed by atoms with Crippen molar-refractivity contribution < 1.29 is 4.74 Å². The van der Waals surface area contributed by atoms with Gasteiger partial charge >= 0.3 is 0 Å². The van der Waals surface area contributed by atoms with Gasteiger partial charge in [-0.3, -0.25) is 0 Å². The van der Waals surface area contributed by atoms with E-state index in [9.17, 15) is 0 Å². The Hall–Kier alpha value is -1.02. The van der Waals surface area contributed by atoms with E-state index < -0.39 is 0 Å². The highest BCUT2D eigenvalue weighted by Crippen LogP contribution is 2.26. The van der Waals surface area contributed by atoms with E-state index in [0.717, 1.165) is 30.8 Å². The Balaban J connectivity index is 2.92. The fraction of sp³-hybridized carbons (Fsp3) is 0.538. The van der Waals surface area contributed by atoms with E-state index in [4.69, 9.17) is 10.5 Å². The van der Waals surface area contributed by atoms with Gasteiger partial charge < -0.3 is 10.5 Å². The van der Waals surface area contributed by atoms with Crippen LogP contribution in [0.2, 0.25) is 0 Å². The second-order valence-electron chi connectivity index (χ2n) is 3.90. The van der Waals surface area contributed by atoms with Crippen LogP contribution in [-0.4, -0.2) is 6.61 Å². The number of nitrogens with two attached hydrogens (primary N) is 1. The minimum atomic E-state index is 0.0803. The molecule has 0 saturated heterocycles. The second kappa shape index (κ2) is 5.76. The first-order valence-electron chi connectivity index (χ1n) is 5.68. The molecular formula is C13H21NO. The number of aryl methyl sites for hydroxylation is 1. The molecular weight excluding hydrogens is 186 g/mol. The average molecular weight is 207 g/mol. The normalized spacial score (nSPS) is 12.5. The van der Waals surface area contributed by atoms with Crippen LogP contribution in [-0.2, 0) is 0 Å². The molecule has 0 aliphatic rings. The zero-order valence-corrected chi connectivity index (χ0v) is 9.92. The fourth-order valence-corrected chi connectivity index (χ4v) is 1.52. The van der Waals surface area contributed by atoms with Gasteiger partial charge in [-0.15, -0.1) is 0 Å². The van der Waals surface area contributed by atoms with Gasteiger partial charge in [0.15, 0.2) is 0 Å². The molecule has 1 atom stereocenters. The summed E-state index contributed by atoms with van der Waals surface area (Å²) in [6.45, 7) is 7.03. The van der Waals surface area contributed by atoms with Crippen molar-refractivity contribution in [3.05, 3.63) is 29.3 Å². The number of rotatable bonds is 5. The zero-order chi connectivity index (χ0) is 11.3. The summed E-state index contributed by atoms with van der Waals surface area (Å²) in [6, 6.07) is 6.29. The van der Waals surface area contributed by atoms with E-state index in [1.807, 2.05) is 6.07 Å². The number of benzene rings is 1. The van der Waals surface area contributed by atoms with Crippen molar-refractivity contribution in [2.24, 2.45) is 5.73 Å². The molecule has 0 saturated carbocycles. The Morgan fingerprint density at radius 3 is 2.67 bits per heavy atom. The standard InChI is InChI=1S/C13H21NO/c1-4-8-15-13-7-6-10(3)9-11(13)12(14)5-2/h6-7,9,12H,4-5,8,14H2,1-3H3. The third kappa shape index (κ3) is 3.24. The molecule has 15 heavy (non-hydrogen) atoms. The smallest absolute Gasteiger partial charge is 0.124 e. The van der Waals surface area contributed by atoms with Gasteiger partial charge in [-0.05, 0) is 25.8 Å². The Morgan fingerprint density at radius 2 is 2.07 bits per heavy atom. The van der Waals surface area contributed by atoms with Gasteiger partial charge in [0.2, 0.25) is 0 Å². The highest BCUT2D eigenvalue weighted by atomic mass is 16.5. The lowest BCUT2D eigenvalue weighted by molar-refractivity contribution is 0.312. The van der Waals surface area contributed by atoms with Crippen LogP contribution in [0.1, 0.15) is 43.9 Å². The first kappa shape index (κ1) is 12.1. The van der Waals surface area contributed by atoms with E-state index >= 15 is 0 Å². The van der Waals surface area contributed by atoms with Crippen molar-refractivity contribution in [3.8, 4) is 5.75 Å². The van der Waals surface area contributed by atoms with E-state index in [2.05, 4.69) is 32.9 Å². The largest absolute Gasteiger partial charge is 0.493 e. The van der Waals surface area contributed by atoms with Crippen LogP contribution in [0, 0.1) is 6.92 Å². The van der Waals surface area contributed by atoms with Gasteiger partial charge in [-0.1, -0.05) is 31.5 Å². The lowest BCUT2D eigenvalue weighted by atomic mass is 10.0. The maximum absolute atomic E-state index is 6.06. The third-order valence-electron chi connectivity index (χ3n) is 2.47. The van der Waals surface area contributed by atoms with E-state index in [0.29, 0.717) is 0 Å². The second-order valence-corrected chi connectivity index (χ2v) is 3.90. The molecule has 2 nitrogen and oxygen atoms in total. The maximum Gasteiger partial charge on any atom is 0.124 e. The molecule has 1 unspecified atom stereocenters. The predicted octanol–water partition coefficient (Wildman–Crippen LogP) is 3.19. The Bertz CT molecular complexity index is 309.